The number of hydrogen-bond donors (Lipinski definition) is 1. The van der Waals surface area contributed by atoms with Gasteiger partial charge in [0.15, 0.2) is 5.78 Å². The summed E-state index contributed by atoms with van der Waals surface area (Å²) in [6, 6.07) is 16.4. The molecule has 1 N–H and O–H groups in total. The molecule has 2 fully saturated rings. The summed E-state index contributed by atoms with van der Waals surface area (Å²) >= 11 is 12.9. The smallest absolute Gasteiger partial charge is 0.250 e. The minimum absolute atomic E-state index is 0.0290. The number of carbonyl (C=O) groups excluding carboxylic acids is 2. The SMILES string of the molecule is CN(C)CCCC(=O)c1ccc2c(c1)nc1n2CC[C@H]2[C@@H]1[C@H](c1cccc(Cl)c1F)[C@]1(C(=O)Nc3cc(Cl)ccc31)N2CC1CC1. The number of rotatable bonds is 8. The number of ketones is 1. The molecule has 3 aromatic carbocycles. The van der Waals surface area contributed by atoms with Gasteiger partial charge in [0.1, 0.15) is 17.2 Å². The molecule has 3 aliphatic heterocycles. The van der Waals surface area contributed by atoms with Crippen molar-refractivity contribution in [2.75, 3.05) is 32.5 Å². The molecule has 1 aliphatic carbocycles. The lowest BCUT2D eigenvalue weighted by atomic mass is 9.70. The van der Waals surface area contributed by atoms with Crippen LogP contribution in [0.15, 0.2) is 54.6 Å². The van der Waals surface area contributed by atoms with Gasteiger partial charge in [-0.05, 0) is 94.2 Å². The van der Waals surface area contributed by atoms with Crippen molar-refractivity contribution < 1.29 is 14.0 Å². The second-order valence-corrected chi connectivity index (χ2v) is 14.5. The molecule has 0 unspecified atom stereocenters. The number of aromatic nitrogens is 2. The van der Waals surface area contributed by atoms with E-state index in [0.717, 1.165) is 61.2 Å². The van der Waals surface area contributed by atoms with Gasteiger partial charge in [-0.1, -0.05) is 41.4 Å². The van der Waals surface area contributed by atoms with Crippen LogP contribution in [0.2, 0.25) is 10.0 Å². The number of hydrogen-bond acceptors (Lipinski definition) is 5. The lowest BCUT2D eigenvalue weighted by Crippen LogP contribution is -2.53. The lowest BCUT2D eigenvalue weighted by molar-refractivity contribution is -0.128. The van der Waals surface area contributed by atoms with Gasteiger partial charge in [0.05, 0.1) is 16.1 Å². The van der Waals surface area contributed by atoms with Crippen LogP contribution in [0, 0.1) is 11.7 Å². The summed E-state index contributed by atoms with van der Waals surface area (Å²) in [6.07, 6.45) is 4.25. The molecule has 1 aromatic heterocycles. The summed E-state index contributed by atoms with van der Waals surface area (Å²) < 4.78 is 18.5. The normalized spacial score (nSPS) is 25.3. The van der Waals surface area contributed by atoms with E-state index in [9.17, 15) is 9.59 Å². The van der Waals surface area contributed by atoms with Crippen LogP contribution in [0.3, 0.4) is 0 Å². The monoisotopic (exact) mass is 659 g/mol. The molecule has 10 heteroatoms. The van der Waals surface area contributed by atoms with Gasteiger partial charge in [-0.2, -0.15) is 0 Å². The topological polar surface area (TPSA) is 70.5 Å². The van der Waals surface area contributed by atoms with E-state index in [-0.39, 0.29) is 28.7 Å². The Hall–Kier alpha value is -3.30. The molecule has 4 atom stereocenters. The first-order chi connectivity index (χ1) is 22.2. The molecule has 4 heterocycles. The van der Waals surface area contributed by atoms with Gasteiger partial charge < -0.3 is 14.8 Å². The maximum atomic E-state index is 16.3. The Morgan fingerprint density at radius 3 is 2.72 bits per heavy atom. The fraction of sp³-hybridized carbons (Fsp3) is 0.417. The van der Waals surface area contributed by atoms with Crippen LogP contribution in [0.1, 0.15) is 71.2 Å². The van der Waals surface area contributed by atoms with Crippen LogP contribution in [-0.2, 0) is 16.9 Å². The van der Waals surface area contributed by atoms with Gasteiger partial charge in [-0.15, -0.1) is 0 Å². The first kappa shape index (κ1) is 30.1. The zero-order valence-electron chi connectivity index (χ0n) is 25.9. The van der Waals surface area contributed by atoms with Crippen molar-refractivity contribution in [2.45, 2.75) is 62.1 Å². The molecule has 46 heavy (non-hydrogen) atoms. The molecule has 4 aromatic rings. The van der Waals surface area contributed by atoms with Crippen LogP contribution in [-0.4, -0.2) is 64.3 Å². The molecule has 0 radical (unpaired) electrons. The zero-order valence-corrected chi connectivity index (χ0v) is 27.4. The molecule has 1 saturated carbocycles. The molecule has 1 spiro atoms. The Morgan fingerprint density at radius 1 is 1.11 bits per heavy atom. The van der Waals surface area contributed by atoms with Gasteiger partial charge in [0, 0.05) is 59.2 Å². The number of Topliss-reactive ketones (excluding diaryl/α,β-unsaturated/α-hetero) is 1. The highest BCUT2D eigenvalue weighted by atomic mass is 35.5. The third kappa shape index (κ3) is 4.55. The Bertz CT molecular complexity index is 1900. The number of imidazole rings is 1. The predicted molar refractivity (Wildman–Crippen MR) is 178 cm³/mol. The Kier molecular flexibility index (Phi) is 7.29. The van der Waals surface area contributed by atoms with E-state index in [2.05, 4.69) is 19.7 Å². The molecular formula is C36H36Cl2FN5O2. The van der Waals surface area contributed by atoms with E-state index < -0.39 is 17.3 Å². The van der Waals surface area contributed by atoms with Crippen molar-refractivity contribution in [1.29, 1.82) is 0 Å². The maximum absolute atomic E-state index is 16.3. The fourth-order valence-corrected chi connectivity index (χ4v) is 8.82. The fourth-order valence-electron chi connectivity index (χ4n) is 8.47. The average molecular weight is 661 g/mol. The number of fused-ring (bicyclic) bond motifs is 7. The van der Waals surface area contributed by atoms with Crippen molar-refractivity contribution in [3.8, 4) is 0 Å². The highest BCUT2D eigenvalue weighted by molar-refractivity contribution is 6.31. The van der Waals surface area contributed by atoms with E-state index >= 15 is 4.39 Å². The Labute approximate surface area is 277 Å². The molecule has 238 valence electrons. The number of aryl methyl sites for hydroxylation is 1. The standard InChI is InChI=1S/C36H36Cl2FN5O2/c1-42(2)15-4-7-30(45)21-10-13-28-27(17-21)40-34-31-29(14-16-43(28)34)44(19-20-8-9-20)36(32(31)23-5-3-6-25(38)33(23)39)24-12-11-22(37)18-26(24)41-35(36)46/h3,5-6,10-13,17-18,20,29,31-32H,4,7-9,14-16,19H2,1-2H3,(H,41,46)/t29-,31+,32-,36+/m0/s1. The van der Waals surface area contributed by atoms with Gasteiger partial charge in [-0.25, -0.2) is 9.37 Å². The number of halogens is 3. The first-order valence-electron chi connectivity index (χ1n) is 16.2. The van der Waals surface area contributed by atoms with Crippen molar-refractivity contribution >= 4 is 51.6 Å². The molecule has 1 saturated heterocycles. The van der Waals surface area contributed by atoms with E-state index in [1.165, 1.54) is 0 Å². The molecular weight excluding hydrogens is 624 g/mol. The number of anilines is 1. The van der Waals surface area contributed by atoms with Crippen LogP contribution >= 0.6 is 23.2 Å². The largest absolute Gasteiger partial charge is 0.328 e. The second-order valence-electron chi connectivity index (χ2n) is 13.7. The number of nitrogens with zero attached hydrogens (tertiary/aromatic N) is 4. The number of carbonyl (C=O) groups is 2. The summed E-state index contributed by atoms with van der Waals surface area (Å²) in [5, 5.41) is 3.70. The van der Waals surface area contributed by atoms with Crippen molar-refractivity contribution in [2.24, 2.45) is 5.92 Å². The van der Waals surface area contributed by atoms with Crippen LogP contribution in [0.4, 0.5) is 10.1 Å². The van der Waals surface area contributed by atoms with Crippen molar-refractivity contribution in [1.82, 2.24) is 19.4 Å². The highest BCUT2D eigenvalue weighted by Gasteiger charge is 2.69. The lowest BCUT2D eigenvalue weighted by Gasteiger charge is -2.40. The van der Waals surface area contributed by atoms with Crippen LogP contribution in [0.25, 0.3) is 11.0 Å². The Morgan fingerprint density at radius 2 is 1.93 bits per heavy atom. The van der Waals surface area contributed by atoms with Crippen molar-refractivity contribution in [3.05, 3.63) is 93.0 Å². The van der Waals surface area contributed by atoms with E-state index in [4.69, 9.17) is 28.2 Å². The van der Waals surface area contributed by atoms with E-state index in [1.54, 1.807) is 24.3 Å². The van der Waals surface area contributed by atoms with E-state index in [0.29, 0.717) is 40.7 Å². The molecule has 4 aliphatic rings. The van der Waals surface area contributed by atoms with Gasteiger partial charge in [0.2, 0.25) is 5.91 Å². The van der Waals surface area contributed by atoms with Gasteiger partial charge in [-0.3, -0.25) is 14.5 Å². The molecule has 8 rings (SSSR count). The number of benzene rings is 3. The third-order valence-electron chi connectivity index (χ3n) is 10.6. The molecule has 1 amide bonds. The quantitative estimate of drug-likeness (QED) is 0.202. The number of likely N-dealkylation sites (tertiary alicyclic amines) is 1. The molecule has 7 nitrogen and oxygen atoms in total. The van der Waals surface area contributed by atoms with Crippen LogP contribution < -0.4 is 5.32 Å². The number of amides is 1. The summed E-state index contributed by atoms with van der Waals surface area (Å²) in [4.78, 5) is 37.4. The number of nitrogens with one attached hydrogen (secondary N) is 1. The Balaban J connectivity index is 1.32. The predicted octanol–water partition coefficient (Wildman–Crippen LogP) is 7.22. The average Bonchev–Trinajstić information content (AvgIpc) is 3.61. The summed E-state index contributed by atoms with van der Waals surface area (Å²) in [5.41, 5.74) is 3.05. The molecule has 0 bridgehead atoms. The maximum Gasteiger partial charge on any atom is 0.250 e. The van der Waals surface area contributed by atoms with Crippen molar-refractivity contribution in [3.63, 3.8) is 0 Å². The summed E-state index contributed by atoms with van der Waals surface area (Å²) in [6.45, 7) is 2.29. The van der Waals surface area contributed by atoms with E-state index in [1.807, 2.05) is 44.4 Å². The highest BCUT2D eigenvalue weighted by Crippen LogP contribution is 2.64. The summed E-state index contributed by atoms with van der Waals surface area (Å²) in [7, 11) is 4.01. The third-order valence-corrected chi connectivity index (χ3v) is 11.1. The first-order valence-corrected chi connectivity index (χ1v) is 16.9. The van der Waals surface area contributed by atoms with Crippen LogP contribution in [0.5, 0.6) is 0 Å². The van der Waals surface area contributed by atoms with Gasteiger partial charge in [0.25, 0.3) is 0 Å². The second kappa shape index (κ2) is 11.2. The van der Waals surface area contributed by atoms with Gasteiger partial charge >= 0.3 is 0 Å². The zero-order chi connectivity index (χ0) is 31.9. The minimum atomic E-state index is -1.18. The summed E-state index contributed by atoms with van der Waals surface area (Å²) in [5.74, 6) is -0.195. The minimum Gasteiger partial charge on any atom is -0.328 e.